The Balaban J connectivity index is 2.05. The van der Waals surface area contributed by atoms with E-state index in [2.05, 4.69) is 25.6 Å². The molecule has 0 radical (unpaired) electrons. The van der Waals surface area contributed by atoms with Crippen LogP contribution in [0, 0.1) is 13.8 Å². The lowest BCUT2D eigenvalue weighted by atomic mass is 10.2. The zero-order chi connectivity index (χ0) is 18.9. The molecule has 136 valence electrons. The highest BCUT2D eigenvalue weighted by Crippen LogP contribution is 2.33. The number of benzene rings is 2. The molecule has 0 aliphatic heterocycles. The summed E-state index contributed by atoms with van der Waals surface area (Å²) in [6.07, 6.45) is 0. The van der Waals surface area contributed by atoms with Crippen LogP contribution in [0.1, 0.15) is 10.6 Å². The quantitative estimate of drug-likeness (QED) is 0.591. The maximum atomic E-state index is 13.0. The predicted molar refractivity (Wildman–Crippen MR) is 109 cm³/mol. The molecule has 1 aromatic heterocycles. The van der Waals surface area contributed by atoms with Crippen molar-refractivity contribution in [1.82, 2.24) is 4.98 Å². The van der Waals surface area contributed by atoms with Gasteiger partial charge in [-0.25, -0.2) is 13.4 Å². The van der Waals surface area contributed by atoms with Gasteiger partial charge in [0.05, 0.1) is 23.5 Å². The van der Waals surface area contributed by atoms with Gasteiger partial charge in [-0.1, -0.05) is 6.07 Å². The van der Waals surface area contributed by atoms with Crippen molar-refractivity contribution < 1.29 is 13.2 Å². The average molecular weight is 453 g/mol. The Labute approximate surface area is 165 Å². The van der Waals surface area contributed by atoms with E-state index in [1.165, 1.54) is 18.4 Å². The number of halogens is 1. The Hall–Kier alpha value is -1.90. The third kappa shape index (κ3) is 3.92. The maximum Gasteiger partial charge on any atom is 0.265 e. The number of rotatable bonds is 5. The summed E-state index contributed by atoms with van der Waals surface area (Å²) < 4.78 is 34.5. The fourth-order valence-electron chi connectivity index (χ4n) is 2.44. The first-order valence-corrected chi connectivity index (χ1v) is 10.9. The van der Waals surface area contributed by atoms with Gasteiger partial charge in [-0.3, -0.25) is 4.72 Å². The van der Waals surface area contributed by atoms with Crippen LogP contribution >= 0.6 is 27.3 Å². The second kappa shape index (κ2) is 7.38. The Morgan fingerprint density at radius 2 is 1.92 bits per heavy atom. The largest absolute Gasteiger partial charge is 0.495 e. The van der Waals surface area contributed by atoms with Gasteiger partial charge in [0.1, 0.15) is 10.6 Å². The number of hydrogen-bond donors (Lipinski definition) is 1. The normalized spacial score (nSPS) is 11.4. The number of ether oxygens (including phenoxy) is 1. The Morgan fingerprint density at radius 3 is 2.54 bits per heavy atom. The highest BCUT2D eigenvalue weighted by atomic mass is 79.9. The van der Waals surface area contributed by atoms with E-state index in [1.807, 2.05) is 31.4 Å². The molecular weight excluding hydrogens is 436 g/mol. The van der Waals surface area contributed by atoms with E-state index in [0.717, 1.165) is 21.8 Å². The van der Waals surface area contributed by atoms with Crippen LogP contribution in [0.3, 0.4) is 0 Å². The van der Waals surface area contributed by atoms with E-state index in [0.29, 0.717) is 10.2 Å². The van der Waals surface area contributed by atoms with Crippen LogP contribution in [0.4, 0.5) is 5.69 Å². The van der Waals surface area contributed by atoms with Crippen LogP contribution in [-0.2, 0) is 10.0 Å². The van der Waals surface area contributed by atoms with Crippen molar-refractivity contribution in [2.45, 2.75) is 18.7 Å². The van der Waals surface area contributed by atoms with Gasteiger partial charge < -0.3 is 4.74 Å². The smallest absolute Gasteiger partial charge is 0.265 e. The zero-order valence-corrected chi connectivity index (χ0v) is 17.6. The van der Waals surface area contributed by atoms with Crippen molar-refractivity contribution in [1.29, 1.82) is 0 Å². The number of methoxy groups -OCH3 is 1. The molecule has 0 saturated carbocycles. The second-order valence-electron chi connectivity index (χ2n) is 5.71. The van der Waals surface area contributed by atoms with Crippen molar-refractivity contribution in [2.24, 2.45) is 0 Å². The van der Waals surface area contributed by atoms with E-state index in [-0.39, 0.29) is 10.6 Å². The van der Waals surface area contributed by atoms with Crippen molar-refractivity contribution in [3.63, 3.8) is 0 Å². The maximum absolute atomic E-state index is 13.0. The summed E-state index contributed by atoms with van der Waals surface area (Å²) in [5, 5.41) is 2.82. The molecule has 1 N–H and O–H groups in total. The van der Waals surface area contributed by atoms with Crippen LogP contribution in [-0.4, -0.2) is 20.5 Å². The number of aryl methyl sites for hydroxylation is 2. The topological polar surface area (TPSA) is 68.3 Å². The molecule has 5 nitrogen and oxygen atoms in total. The summed E-state index contributed by atoms with van der Waals surface area (Å²) in [5.41, 5.74) is 2.95. The number of aromatic nitrogens is 1. The van der Waals surface area contributed by atoms with Crippen molar-refractivity contribution in [3.8, 4) is 17.0 Å². The molecule has 0 aliphatic rings. The summed E-state index contributed by atoms with van der Waals surface area (Å²) in [6.45, 7) is 3.84. The van der Waals surface area contributed by atoms with Crippen molar-refractivity contribution >= 4 is 43.0 Å². The number of nitrogens with zero attached hydrogens (tertiary/aromatic N) is 1. The highest BCUT2D eigenvalue weighted by Gasteiger charge is 2.22. The van der Waals surface area contributed by atoms with Gasteiger partial charge in [0, 0.05) is 15.4 Å². The second-order valence-corrected chi connectivity index (χ2v) is 9.27. The molecule has 8 heteroatoms. The minimum atomic E-state index is -3.84. The molecule has 0 spiro atoms. The molecule has 0 atom stereocenters. The molecule has 0 bridgehead atoms. The lowest BCUT2D eigenvalue weighted by Crippen LogP contribution is -2.14. The SMILES string of the molecule is COc1ccc(-c2csc(C)n2)cc1S(=O)(=O)Nc1ccc(C)cc1Br. The third-order valence-corrected chi connectivity index (χ3v) is 6.55. The van der Waals surface area contributed by atoms with Gasteiger partial charge in [-0.2, -0.15) is 0 Å². The van der Waals surface area contributed by atoms with E-state index < -0.39 is 10.0 Å². The molecular formula is C18H17BrN2O3S2. The third-order valence-electron chi connectivity index (χ3n) is 3.74. The lowest BCUT2D eigenvalue weighted by Gasteiger charge is -2.14. The molecule has 0 amide bonds. The summed E-state index contributed by atoms with van der Waals surface area (Å²) >= 11 is 4.91. The monoisotopic (exact) mass is 452 g/mol. The molecule has 3 aromatic rings. The summed E-state index contributed by atoms with van der Waals surface area (Å²) in [4.78, 5) is 4.49. The van der Waals surface area contributed by atoms with Crippen LogP contribution in [0.5, 0.6) is 5.75 Å². The Bertz CT molecular complexity index is 1060. The summed E-state index contributed by atoms with van der Waals surface area (Å²) in [7, 11) is -2.40. The van der Waals surface area contributed by atoms with Crippen LogP contribution in [0.15, 0.2) is 51.1 Å². The fourth-order valence-corrected chi connectivity index (χ4v) is 5.07. The zero-order valence-electron chi connectivity index (χ0n) is 14.4. The Morgan fingerprint density at radius 1 is 1.15 bits per heavy atom. The molecule has 0 unspecified atom stereocenters. The Kier molecular flexibility index (Phi) is 5.36. The van der Waals surface area contributed by atoms with Crippen LogP contribution < -0.4 is 9.46 Å². The van der Waals surface area contributed by atoms with Gasteiger partial charge in [0.25, 0.3) is 10.0 Å². The first-order chi connectivity index (χ1) is 12.3. The lowest BCUT2D eigenvalue weighted by molar-refractivity contribution is 0.403. The summed E-state index contributed by atoms with van der Waals surface area (Å²) in [6, 6.07) is 10.4. The number of hydrogen-bond acceptors (Lipinski definition) is 5. The van der Waals surface area contributed by atoms with Gasteiger partial charge in [0.15, 0.2) is 0 Å². The van der Waals surface area contributed by atoms with Gasteiger partial charge in [-0.05, 0) is 65.7 Å². The predicted octanol–water partition coefficient (Wildman–Crippen LogP) is 5.00. The van der Waals surface area contributed by atoms with E-state index >= 15 is 0 Å². The van der Waals surface area contributed by atoms with Crippen LogP contribution in [0.2, 0.25) is 0 Å². The average Bonchev–Trinajstić information content (AvgIpc) is 3.03. The first-order valence-electron chi connectivity index (χ1n) is 7.69. The minimum absolute atomic E-state index is 0.0654. The standard InChI is InChI=1S/C18H17BrN2O3S2/c1-11-4-6-15(14(19)8-11)21-26(22,23)18-9-13(5-7-17(18)24-3)16-10-25-12(2)20-16/h4-10,21H,1-3H3. The van der Waals surface area contributed by atoms with Crippen LogP contribution in [0.25, 0.3) is 11.3 Å². The molecule has 0 aliphatic carbocycles. The number of anilines is 1. The molecule has 0 fully saturated rings. The summed E-state index contributed by atoms with van der Waals surface area (Å²) in [5.74, 6) is 0.274. The molecule has 26 heavy (non-hydrogen) atoms. The molecule has 3 rings (SSSR count). The molecule has 0 saturated heterocycles. The van der Waals surface area contributed by atoms with E-state index in [9.17, 15) is 8.42 Å². The fraction of sp³-hybridized carbons (Fsp3) is 0.167. The molecule has 1 heterocycles. The first kappa shape index (κ1) is 18.9. The molecule has 2 aromatic carbocycles. The van der Waals surface area contributed by atoms with Gasteiger partial charge in [-0.15, -0.1) is 11.3 Å². The number of sulfonamides is 1. The highest BCUT2D eigenvalue weighted by molar-refractivity contribution is 9.10. The van der Waals surface area contributed by atoms with E-state index in [4.69, 9.17) is 4.74 Å². The number of nitrogens with one attached hydrogen (secondary N) is 1. The van der Waals surface area contributed by atoms with Gasteiger partial charge >= 0.3 is 0 Å². The minimum Gasteiger partial charge on any atom is -0.495 e. The van der Waals surface area contributed by atoms with Crippen molar-refractivity contribution in [3.05, 3.63) is 56.8 Å². The number of thiazole rings is 1. The van der Waals surface area contributed by atoms with Gasteiger partial charge in [0.2, 0.25) is 0 Å². The van der Waals surface area contributed by atoms with Crippen molar-refractivity contribution in [2.75, 3.05) is 11.8 Å². The van der Waals surface area contributed by atoms with E-state index in [1.54, 1.807) is 24.3 Å².